The lowest BCUT2D eigenvalue weighted by Crippen LogP contribution is -2.12. The molecular formula is C16H23N3S. The second-order valence-corrected chi connectivity index (χ2v) is 7.47. The normalized spacial score (nSPS) is 13.3. The Balaban J connectivity index is 2.12. The van der Waals surface area contributed by atoms with Gasteiger partial charge in [0.2, 0.25) is 0 Å². The van der Waals surface area contributed by atoms with E-state index in [1.807, 2.05) is 13.1 Å². The van der Waals surface area contributed by atoms with E-state index in [-0.39, 0.29) is 11.5 Å². The summed E-state index contributed by atoms with van der Waals surface area (Å²) in [6.07, 6.45) is 1.96. The predicted octanol–water partition coefficient (Wildman–Crippen LogP) is 4.63. The third-order valence-electron chi connectivity index (χ3n) is 3.33. The van der Waals surface area contributed by atoms with Crippen molar-refractivity contribution in [2.45, 2.75) is 53.0 Å². The van der Waals surface area contributed by atoms with Gasteiger partial charge in [0.15, 0.2) is 0 Å². The maximum absolute atomic E-state index is 4.52. The van der Waals surface area contributed by atoms with Crippen LogP contribution in [0, 0.1) is 13.8 Å². The summed E-state index contributed by atoms with van der Waals surface area (Å²) in [5.41, 5.74) is 2.50. The Morgan fingerprint density at radius 3 is 2.35 bits per heavy atom. The van der Waals surface area contributed by atoms with Gasteiger partial charge in [-0.1, -0.05) is 26.8 Å². The van der Waals surface area contributed by atoms with Crippen molar-refractivity contribution in [2.24, 2.45) is 0 Å². The molecule has 2 aromatic rings. The van der Waals surface area contributed by atoms with Gasteiger partial charge < -0.3 is 5.32 Å². The smallest absolute Gasteiger partial charge is 0.126 e. The lowest BCUT2D eigenvalue weighted by Gasteiger charge is -2.19. The van der Waals surface area contributed by atoms with Gasteiger partial charge in [-0.25, -0.2) is 9.97 Å². The first-order valence-corrected chi connectivity index (χ1v) is 7.76. The summed E-state index contributed by atoms with van der Waals surface area (Å²) in [5, 5.41) is 4.56. The molecule has 0 spiro atoms. The number of anilines is 1. The topological polar surface area (TPSA) is 37.8 Å². The number of pyridine rings is 1. The largest absolute Gasteiger partial charge is 0.363 e. The Hall–Kier alpha value is -1.42. The minimum absolute atomic E-state index is 0.141. The molecule has 0 aliphatic heterocycles. The van der Waals surface area contributed by atoms with E-state index in [2.05, 4.69) is 62.0 Å². The van der Waals surface area contributed by atoms with Crippen LogP contribution in [0.3, 0.4) is 0 Å². The van der Waals surface area contributed by atoms with E-state index in [1.165, 1.54) is 10.4 Å². The van der Waals surface area contributed by atoms with E-state index in [9.17, 15) is 0 Å². The number of thiazole rings is 1. The van der Waals surface area contributed by atoms with Crippen molar-refractivity contribution in [3.8, 4) is 0 Å². The Bertz CT molecular complexity index is 579. The highest BCUT2D eigenvalue weighted by molar-refractivity contribution is 7.11. The lowest BCUT2D eigenvalue weighted by molar-refractivity contribution is 0.587. The molecule has 0 radical (unpaired) electrons. The molecule has 0 aliphatic rings. The van der Waals surface area contributed by atoms with Gasteiger partial charge in [0, 0.05) is 11.1 Å². The van der Waals surface area contributed by atoms with Crippen LogP contribution in [0.15, 0.2) is 18.3 Å². The van der Waals surface area contributed by atoms with Gasteiger partial charge in [-0.3, -0.25) is 0 Å². The van der Waals surface area contributed by atoms with Crippen molar-refractivity contribution in [2.75, 3.05) is 5.32 Å². The molecule has 0 amide bonds. The van der Waals surface area contributed by atoms with Crippen LogP contribution in [-0.2, 0) is 5.41 Å². The second-order valence-electron chi connectivity index (χ2n) is 6.23. The number of rotatable bonds is 3. The first-order valence-electron chi connectivity index (χ1n) is 6.94. The average molecular weight is 289 g/mol. The van der Waals surface area contributed by atoms with Gasteiger partial charge in [-0.05, 0) is 37.8 Å². The summed E-state index contributed by atoms with van der Waals surface area (Å²) in [7, 11) is 0. The minimum atomic E-state index is 0.141. The molecular weight excluding hydrogens is 266 g/mol. The van der Waals surface area contributed by atoms with E-state index < -0.39 is 0 Å². The number of aryl methyl sites for hydroxylation is 2. The van der Waals surface area contributed by atoms with Gasteiger partial charge in [-0.2, -0.15) is 0 Å². The Labute approximate surface area is 125 Å². The van der Waals surface area contributed by atoms with E-state index in [0.29, 0.717) is 0 Å². The van der Waals surface area contributed by atoms with Crippen LogP contribution in [0.2, 0.25) is 0 Å². The molecule has 1 N–H and O–H groups in total. The molecule has 1 unspecified atom stereocenters. The number of aromatic nitrogens is 2. The summed E-state index contributed by atoms with van der Waals surface area (Å²) >= 11 is 1.75. The molecule has 2 rings (SSSR count). The molecule has 0 aliphatic carbocycles. The van der Waals surface area contributed by atoms with Crippen molar-refractivity contribution >= 4 is 17.2 Å². The highest BCUT2D eigenvalue weighted by atomic mass is 32.1. The quantitative estimate of drug-likeness (QED) is 0.895. The molecule has 2 heterocycles. The fourth-order valence-electron chi connectivity index (χ4n) is 2.16. The number of hydrogen-bond acceptors (Lipinski definition) is 4. The van der Waals surface area contributed by atoms with E-state index >= 15 is 0 Å². The zero-order valence-corrected chi connectivity index (χ0v) is 13.9. The van der Waals surface area contributed by atoms with Crippen LogP contribution in [0.25, 0.3) is 0 Å². The van der Waals surface area contributed by atoms with Gasteiger partial charge in [0.1, 0.15) is 5.82 Å². The average Bonchev–Trinajstić information content (AvgIpc) is 2.68. The number of nitrogens with one attached hydrogen (secondary N) is 1. The summed E-state index contributed by atoms with van der Waals surface area (Å²) < 4.78 is 0. The van der Waals surface area contributed by atoms with E-state index in [4.69, 9.17) is 0 Å². The van der Waals surface area contributed by atoms with E-state index in [1.54, 1.807) is 11.3 Å². The molecule has 0 aromatic carbocycles. The summed E-state index contributed by atoms with van der Waals surface area (Å²) in [6.45, 7) is 12.9. The van der Waals surface area contributed by atoms with Crippen molar-refractivity contribution in [3.63, 3.8) is 0 Å². The lowest BCUT2D eigenvalue weighted by atomic mass is 9.88. The van der Waals surface area contributed by atoms with Crippen LogP contribution >= 0.6 is 11.3 Å². The molecule has 1 atom stereocenters. The summed E-state index contributed by atoms with van der Waals surface area (Å²) in [6, 6.07) is 4.43. The number of hydrogen-bond donors (Lipinski definition) is 1. The summed E-state index contributed by atoms with van der Waals surface area (Å²) in [5.74, 6) is 0.913. The van der Waals surface area contributed by atoms with E-state index in [0.717, 1.165) is 16.5 Å². The zero-order chi connectivity index (χ0) is 14.9. The van der Waals surface area contributed by atoms with Crippen LogP contribution in [-0.4, -0.2) is 9.97 Å². The van der Waals surface area contributed by atoms with Gasteiger partial charge in [0.05, 0.1) is 16.7 Å². The van der Waals surface area contributed by atoms with Gasteiger partial charge in [-0.15, -0.1) is 11.3 Å². The monoisotopic (exact) mass is 289 g/mol. The van der Waals surface area contributed by atoms with Crippen LogP contribution in [0.4, 0.5) is 5.82 Å². The van der Waals surface area contributed by atoms with Crippen molar-refractivity contribution in [1.82, 2.24) is 9.97 Å². The maximum Gasteiger partial charge on any atom is 0.126 e. The molecule has 2 aromatic heterocycles. The fraction of sp³-hybridized carbons (Fsp3) is 0.500. The Kier molecular flexibility index (Phi) is 4.14. The fourth-order valence-corrected chi connectivity index (χ4v) is 3.09. The summed E-state index contributed by atoms with van der Waals surface area (Å²) in [4.78, 5) is 10.3. The highest BCUT2D eigenvalue weighted by Gasteiger charge is 2.15. The van der Waals surface area contributed by atoms with Crippen LogP contribution in [0.5, 0.6) is 0 Å². The van der Waals surface area contributed by atoms with Crippen molar-refractivity contribution in [1.29, 1.82) is 0 Å². The highest BCUT2D eigenvalue weighted by Crippen LogP contribution is 2.28. The first-order chi connectivity index (χ1) is 9.27. The minimum Gasteiger partial charge on any atom is -0.363 e. The molecule has 20 heavy (non-hydrogen) atoms. The van der Waals surface area contributed by atoms with Crippen molar-refractivity contribution < 1.29 is 0 Å². The standard InChI is InChI=1S/C16H23N3S/c1-10-15(20-12(3)18-10)11(2)19-14-8-7-13(9-17-14)16(4,5)6/h7-9,11H,1-6H3,(H,17,19). The predicted molar refractivity (Wildman–Crippen MR) is 86.6 cm³/mol. The second kappa shape index (κ2) is 5.52. The third-order valence-corrected chi connectivity index (χ3v) is 4.58. The van der Waals surface area contributed by atoms with Gasteiger partial charge >= 0.3 is 0 Å². The van der Waals surface area contributed by atoms with Crippen LogP contribution in [0.1, 0.15) is 54.9 Å². The molecule has 0 saturated carbocycles. The third kappa shape index (κ3) is 3.37. The maximum atomic E-state index is 4.52. The Morgan fingerprint density at radius 1 is 1.20 bits per heavy atom. The first kappa shape index (κ1) is 15.0. The van der Waals surface area contributed by atoms with Crippen LogP contribution < -0.4 is 5.32 Å². The zero-order valence-electron chi connectivity index (χ0n) is 13.1. The van der Waals surface area contributed by atoms with Crippen molar-refractivity contribution in [3.05, 3.63) is 39.5 Å². The Morgan fingerprint density at radius 2 is 1.90 bits per heavy atom. The molecule has 4 heteroatoms. The van der Waals surface area contributed by atoms with Gasteiger partial charge in [0.25, 0.3) is 0 Å². The molecule has 0 fully saturated rings. The molecule has 108 valence electrons. The SMILES string of the molecule is Cc1nc(C)c(C(C)Nc2ccc(C(C)(C)C)cn2)s1. The number of nitrogens with zero attached hydrogens (tertiary/aromatic N) is 2. The molecule has 0 bridgehead atoms. The molecule has 3 nitrogen and oxygen atoms in total. The molecule has 0 saturated heterocycles.